The Balaban J connectivity index is 2.15. The summed E-state index contributed by atoms with van der Waals surface area (Å²) in [4.78, 5) is 0. The zero-order chi connectivity index (χ0) is 15.2. The smallest absolute Gasteiger partial charge is 0.163 e. The summed E-state index contributed by atoms with van der Waals surface area (Å²) < 4.78 is 10.8. The van der Waals surface area contributed by atoms with Crippen molar-refractivity contribution in [1.29, 1.82) is 0 Å². The van der Waals surface area contributed by atoms with Crippen LogP contribution in [-0.4, -0.2) is 13.7 Å². The van der Waals surface area contributed by atoms with Crippen LogP contribution in [0.1, 0.15) is 12.5 Å². The van der Waals surface area contributed by atoms with Crippen molar-refractivity contribution in [3.8, 4) is 11.5 Å². The van der Waals surface area contributed by atoms with Crippen molar-refractivity contribution in [3.63, 3.8) is 0 Å². The van der Waals surface area contributed by atoms with Gasteiger partial charge in [-0.05, 0) is 31.2 Å². The van der Waals surface area contributed by atoms with Crippen LogP contribution in [-0.2, 0) is 6.54 Å². The first-order chi connectivity index (χ1) is 10.2. The molecule has 0 aromatic heterocycles. The Morgan fingerprint density at radius 2 is 1.76 bits per heavy atom. The molecule has 0 amide bonds. The Kier molecular flexibility index (Phi) is 5.59. The fraction of sp³-hybridized carbons (Fsp3) is 0.250. The number of anilines is 1. The minimum absolute atomic E-state index is 0.538. The van der Waals surface area contributed by atoms with Crippen LogP contribution in [0.2, 0.25) is 10.0 Å². The lowest BCUT2D eigenvalue weighted by Gasteiger charge is -2.13. The molecule has 0 fully saturated rings. The number of nitrogens with one attached hydrogen (secondary N) is 1. The normalized spacial score (nSPS) is 10.3. The van der Waals surface area contributed by atoms with Crippen LogP contribution in [0.4, 0.5) is 5.69 Å². The fourth-order valence-electron chi connectivity index (χ4n) is 1.95. The number of rotatable bonds is 6. The van der Waals surface area contributed by atoms with E-state index in [0.29, 0.717) is 34.7 Å². The number of halogens is 2. The third kappa shape index (κ3) is 3.96. The van der Waals surface area contributed by atoms with E-state index in [9.17, 15) is 0 Å². The number of methoxy groups -OCH3 is 1. The van der Waals surface area contributed by atoms with Gasteiger partial charge in [-0.25, -0.2) is 0 Å². The molecule has 3 nitrogen and oxygen atoms in total. The van der Waals surface area contributed by atoms with E-state index in [4.69, 9.17) is 32.7 Å². The van der Waals surface area contributed by atoms with E-state index in [2.05, 4.69) is 5.32 Å². The predicted molar refractivity (Wildman–Crippen MR) is 88.0 cm³/mol. The molecule has 1 N–H and O–H groups in total. The second kappa shape index (κ2) is 7.43. The molecule has 2 rings (SSSR count). The van der Waals surface area contributed by atoms with Crippen LogP contribution in [0.25, 0.3) is 0 Å². The summed E-state index contributed by atoms with van der Waals surface area (Å²) in [5.74, 6) is 1.41. The number of ether oxygens (including phenoxy) is 2. The molecule has 0 heterocycles. The molecular weight excluding hydrogens is 309 g/mol. The third-order valence-corrected chi connectivity index (χ3v) is 3.70. The van der Waals surface area contributed by atoms with Gasteiger partial charge in [-0.3, -0.25) is 0 Å². The van der Waals surface area contributed by atoms with Crippen molar-refractivity contribution in [2.75, 3.05) is 19.0 Å². The molecule has 0 unspecified atom stereocenters. The second-order valence-electron chi connectivity index (χ2n) is 4.35. The van der Waals surface area contributed by atoms with Gasteiger partial charge in [0.15, 0.2) is 11.5 Å². The fourth-order valence-corrected chi connectivity index (χ4v) is 2.48. The van der Waals surface area contributed by atoms with Crippen molar-refractivity contribution in [2.24, 2.45) is 0 Å². The van der Waals surface area contributed by atoms with Crippen LogP contribution in [0.5, 0.6) is 11.5 Å². The minimum Gasteiger partial charge on any atom is -0.493 e. The van der Waals surface area contributed by atoms with Gasteiger partial charge in [0.05, 0.1) is 13.7 Å². The largest absolute Gasteiger partial charge is 0.493 e. The lowest BCUT2D eigenvalue weighted by Crippen LogP contribution is -2.02. The standard InChI is InChI=1S/C16H17Cl2NO2/c1-3-21-16-9-11(7-8-15(16)20-2)19-10-12-13(17)5-4-6-14(12)18/h4-9,19H,3,10H2,1-2H3. The highest BCUT2D eigenvalue weighted by Crippen LogP contribution is 2.31. The first-order valence-corrected chi connectivity index (χ1v) is 7.39. The molecule has 0 bridgehead atoms. The first kappa shape index (κ1) is 15.8. The summed E-state index contributed by atoms with van der Waals surface area (Å²) in [6, 6.07) is 11.2. The van der Waals surface area contributed by atoms with Crippen molar-refractivity contribution < 1.29 is 9.47 Å². The molecule has 0 aliphatic rings. The van der Waals surface area contributed by atoms with Gasteiger partial charge in [0.25, 0.3) is 0 Å². The number of hydrogen-bond acceptors (Lipinski definition) is 3. The molecule has 0 aliphatic carbocycles. The zero-order valence-corrected chi connectivity index (χ0v) is 13.5. The predicted octanol–water partition coefficient (Wildman–Crippen LogP) is 5.01. The van der Waals surface area contributed by atoms with E-state index >= 15 is 0 Å². The van der Waals surface area contributed by atoms with Gasteiger partial charge >= 0.3 is 0 Å². The molecule has 21 heavy (non-hydrogen) atoms. The monoisotopic (exact) mass is 325 g/mol. The van der Waals surface area contributed by atoms with Gasteiger partial charge in [0.1, 0.15) is 0 Å². The van der Waals surface area contributed by atoms with Crippen LogP contribution >= 0.6 is 23.2 Å². The molecular formula is C16H17Cl2NO2. The zero-order valence-electron chi connectivity index (χ0n) is 12.0. The molecule has 112 valence electrons. The Bertz CT molecular complexity index is 597. The highest BCUT2D eigenvalue weighted by atomic mass is 35.5. The molecule has 0 aliphatic heterocycles. The van der Waals surface area contributed by atoms with Gasteiger partial charge in [-0.1, -0.05) is 29.3 Å². The van der Waals surface area contributed by atoms with Crippen molar-refractivity contribution in [3.05, 3.63) is 52.0 Å². The maximum Gasteiger partial charge on any atom is 0.163 e. The Morgan fingerprint density at radius 1 is 1.05 bits per heavy atom. The van der Waals surface area contributed by atoms with Crippen LogP contribution in [0.15, 0.2) is 36.4 Å². The number of benzene rings is 2. The number of hydrogen-bond donors (Lipinski definition) is 1. The van der Waals surface area contributed by atoms with Gasteiger partial charge < -0.3 is 14.8 Å². The molecule has 0 atom stereocenters. The molecule has 0 saturated carbocycles. The average molecular weight is 326 g/mol. The first-order valence-electron chi connectivity index (χ1n) is 6.63. The van der Waals surface area contributed by atoms with Crippen molar-refractivity contribution in [1.82, 2.24) is 0 Å². The van der Waals surface area contributed by atoms with Crippen LogP contribution in [0.3, 0.4) is 0 Å². The molecule has 0 radical (unpaired) electrons. The van der Waals surface area contributed by atoms with E-state index in [1.54, 1.807) is 7.11 Å². The minimum atomic E-state index is 0.538. The lowest BCUT2D eigenvalue weighted by molar-refractivity contribution is 0.311. The quantitative estimate of drug-likeness (QED) is 0.809. The van der Waals surface area contributed by atoms with Gasteiger partial charge in [-0.15, -0.1) is 0 Å². The third-order valence-electron chi connectivity index (χ3n) is 2.99. The van der Waals surface area contributed by atoms with E-state index in [0.717, 1.165) is 11.3 Å². The van der Waals surface area contributed by atoms with Gasteiger partial charge in [0, 0.05) is 33.9 Å². The summed E-state index contributed by atoms with van der Waals surface area (Å²) >= 11 is 12.3. The molecule has 5 heteroatoms. The Morgan fingerprint density at radius 3 is 2.38 bits per heavy atom. The Labute approximate surface area is 134 Å². The Hall–Kier alpha value is -1.58. The summed E-state index contributed by atoms with van der Waals surface area (Å²) in [7, 11) is 1.62. The SMILES string of the molecule is CCOc1cc(NCc2c(Cl)cccc2Cl)ccc1OC. The van der Waals surface area contributed by atoms with Gasteiger partial charge in [0.2, 0.25) is 0 Å². The second-order valence-corrected chi connectivity index (χ2v) is 5.17. The van der Waals surface area contributed by atoms with E-state index < -0.39 is 0 Å². The highest BCUT2D eigenvalue weighted by Gasteiger charge is 2.08. The maximum absolute atomic E-state index is 6.16. The van der Waals surface area contributed by atoms with E-state index in [-0.39, 0.29) is 0 Å². The molecule has 2 aromatic carbocycles. The van der Waals surface area contributed by atoms with Crippen LogP contribution < -0.4 is 14.8 Å². The molecule has 2 aromatic rings. The maximum atomic E-state index is 6.16. The van der Waals surface area contributed by atoms with E-state index in [1.807, 2.05) is 43.3 Å². The lowest BCUT2D eigenvalue weighted by atomic mass is 10.2. The average Bonchev–Trinajstić information content (AvgIpc) is 2.47. The summed E-state index contributed by atoms with van der Waals surface area (Å²) in [5, 5.41) is 4.58. The molecule has 0 spiro atoms. The topological polar surface area (TPSA) is 30.5 Å². The van der Waals surface area contributed by atoms with Crippen molar-refractivity contribution in [2.45, 2.75) is 13.5 Å². The summed E-state index contributed by atoms with van der Waals surface area (Å²) in [5.41, 5.74) is 1.78. The summed E-state index contributed by atoms with van der Waals surface area (Å²) in [6.45, 7) is 3.05. The van der Waals surface area contributed by atoms with Crippen LogP contribution in [0, 0.1) is 0 Å². The molecule has 0 saturated heterocycles. The summed E-state index contributed by atoms with van der Waals surface area (Å²) in [6.07, 6.45) is 0. The highest BCUT2D eigenvalue weighted by molar-refractivity contribution is 6.36. The van der Waals surface area contributed by atoms with E-state index in [1.165, 1.54) is 0 Å². The van der Waals surface area contributed by atoms with Crippen molar-refractivity contribution >= 4 is 28.9 Å². The van der Waals surface area contributed by atoms with Gasteiger partial charge in [-0.2, -0.15) is 0 Å².